The highest BCUT2D eigenvalue weighted by molar-refractivity contribution is 6.32. The highest BCUT2D eigenvalue weighted by Gasteiger charge is 2.13. The molecule has 1 aromatic rings. The van der Waals surface area contributed by atoms with E-state index in [9.17, 15) is 5.11 Å². The topological polar surface area (TPSA) is 20.2 Å². The van der Waals surface area contributed by atoms with Crippen LogP contribution in [0.4, 0.5) is 0 Å². The van der Waals surface area contributed by atoms with Gasteiger partial charge in [0.25, 0.3) is 0 Å². The average Bonchev–Trinajstić information content (AvgIpc) is 2.19. The fourth-order valence-corrected chi connectivity index (χ4v) is 2.08. The first-order valence-electron chi connectivity index (χ1n) is 5.55. The van der Waals surface area contributed by atoms with E-state index in [0.717, 1.165) is 17.5 Å². The third-order valence-electron chi connectivity index (χ3n) is 2.76. The number of rotatable bonds is 4. The van der Waals surface area contributed by atoms with Crippen molar-refractivity contribution in [1.82, 2.24) is 0 Å². The Labute approximate surface area is 97.1 Å². The quantitative estimate of drug-likeness (QED) is 0.793. The third-order valence-corrected chi connectivity index (χ3v) is 3.05. The first-order valence-corrected chi connectivity index (χ1v) is 5.93. The van der Waals surface area contributed by atoms with Crippen molar-refractivity contribution < 1.29 is 5.11 Å². The second kappa shape index (κ2) is 5.41. The van der Waals surface area contributed by atoms with E-state index in [4.69, 9.17) is 11.6 Å². The van der Waals surface area contributed by atoms with Crippen molar-refractivity contribution in [3.05, 3.63) is 28.3 Å². The Morgan fingerprint density at radius 2 is 2.07 bits per heavy atom. The van der Waals surface area contributed by atoms with E-state index in [1.54, 1.807) is 6.07 Å². The average molecular weight is 227 g/mol. The van der Waals surface area contributed by atoms with Crippen molar-refractivity contribution in [2.24, 2.45) is 0 Å². The Hall–Kier alpha value is -0.690. The van der Waals surface area contributed by atoms with Crippen molar-refractivity contribution in [2.75, 3.05) is 0 Å². The first kappa shape index (κ1) is 12.4. The Morgan fingerprint density at radius 3 is 2.67 bits per heavy atom. The molecule has 1 rings (SSSR count). The smallest absolute Gasteiger partial charge is 0.137 e. The van der Waals surface area contributed by atoms with Crippen LogP contribution >= 0.6 is 11.6 Å². The molecular weight excluding hydrogens is 208 g/mol. The largest absolute Gasteiger partial charge is 0.506 e. The lowest BCUT2D eigenvalue weighted by Crippen LogP contribution is -1.95. The van der Waals surface area contributed by atoms with Gasteiger partial charge in [0.15, 0.2) is 0 Å². The van der Waals surface area contributed by atoms with Crippen LogP contribution in [0.2, 0.25) is 5.02 Å². The molecule has 0 aliphatic heterocycles. The number of halogens is 1. The van der Waals surface area contributed by atoms with Gasteiger partial charge in [-0.05, 0) is 36.5 Å². The van der Waals surface area contributed by atoms with E-state index in [1.807, 2.05) is 13.0 Å². The zero-order valence-electron chi connectivity index (χ0n) is 9.68. The van der Waals surface area contributed by atoms with Crippen molar-refractivity contribution in [3.8, 4) is 5.75 Å². The van der Waals surface area contributed by atoms with Crippen LogP contribution in [-0.2, 0) is 0 Å². The van der Waals surface area contributed by atoms with Gasteiger partial charge in [-0.25, -0.2) is 0 Å². The van der Waals surface area contributed by atoms with E-state index in [2.05, 4.69) is 13.8 Å². The molecule has 0 bridgehead atoms. The van der Waals surface area contributed by atoms with Crippen LogP contribution in [-0.4, -0.2) is 5.11 Å². The number of aromatic hydroxyl groups is 1. The summed E-state index contributed by atoms with van der Waals surface area (Å²) in [5, 5.41) is 10.3. The summed E-state index contributed by atoms with van der Waals surface area (Å²) in [6.07, 6.45) is 3.47. The molecule has 1 atom stereocenters. The fraction of sp³-hybridized carbons (Fsp3) is 0.538. The van der Waals surface area contributed by atoms with Gasteiger partial charge in [0.2, 0.25) is 0 Å². The molecule has 0 saturated heterocycles. The number of benzene rings is 1. The van der Waals surface area contributed by atoms with Gasteiger partial charge < -0.3 is 5.11 Å². The molecular formula is C13H19ClO. The monoisotopic (exact) mass is 226 g/mol. The van der Waals surface area contributed by atoms with Gasteiger partial charge in [0.05, 0.1) is 5.02 Å². The van der Waals surface area contributed by atoms with E-state index in [-0.39, 0.29) is 5.75 Å². The molecule has 0 amide bonds. The number of aryl methyl sites for hydroxylation is 1. The molecule has 0 fully saturated rings. The number of phenolic OH excluding ortho intramolecular Hbond substituents is 1. The fourth-order valence-electron chi connectivity index (χ4n) is 1.80. The normalized spacial score (nSPS) is 12.8. The highest BCUT2D eigenvalue weighted by atomic mass is 35.5. The van der Waals surface area contributed by atoms with E-state index >= 15 is 0 Å². The second-order valence-corrected chi connectivity index (χ2v) is 4.64. The lowest BCUT2D eigenvalue weighted by molar-refractivity contribution is 0.459. The van der Waals surface area contributed by atoms with Crippen molar-refractivity contribution >= 4 is 11.6 Å². The highest BCUT2D eigenvalue weighted by Crippen LogP contribution is 2.35. The summed E-state index contributed by atoms with van der Waals surface area (Å²) >= 11 is 5.95. The summed E-state index contributed by atoms with van der Waals surface area (Å²) in [5.41, 5.74) is 2.09. The van der Waals surface area contributed by atoms with Crippen LogP contribution < -0.4 is 0 Å². The summed E-state index contributed by atoms with van der Waals surface area (Å²) in [7, 11) is 0. The standard InChI is InChI=1S/C13H19ClO/c1-4-5-6-10(3)11-7-9(2)8-12(14)13(11)15/h7-8,10,15H,4-6H2,1-3H3. The maximum absolute atomic E-state index is 9.86. The van der Waals surface area contributed by atoms with Crippen molar-refractivity contribution in [1.29, 1.82) is 0 Å². The number of unbranched alkanes of at least 4 members (excludes halogenated alkanes) is 1. The second-order valence-electron chi connectivity index (χ2n) is 4.23. The lowest BCUT2D eigenvalue weighted by atomic mass is 9.93. The molecule has 0 spiro atoms. The van der Waals surface area contributed by atoms with Crippen molar-refractivity contribution in [2.45, 2.75) is 46.0 Å². The van der Waals surface area contributed by atoms with Crippen LogP contribution in [0, 0.1) is 6.92 Å². The Balaban J connectivity index is 2.92. The zero-order valence-corrected chi connectivity index (χ0v) is 10.4. The van der Waals surface area contributed by atoms with Crippen LogP contribution in [0.3, 0.4) is 0 Å². The molecule has 0 aliphatic rings. The first-order chi connectivity index (χ1) is 7.06. The Bertz CT molecular complexity index is 334. The third kappa shape index (κ3) is 3.13. The predicted octanol–water partition coefficient (Wildman–Crippen LogP) is 4.65. The molecule has 15 heavy (non-hydrogen) atoms. The van der Waals surface area contributed by atoms with Gasteiger partial charge in [-0.2, -0.15) is 0 Å². The molecule has 2 heteroatoms. The van der Waals surface area contributed by atoms with Crippen LogP contribution in [0.25, 0.3) is 0 Å². The summed E-state index contributed by atoms with van der Waals surface area (Å²) < 4.78 is 0. The van der Waals surface area contributed by atoms with E-state index in [0.29, 0.717) is 10.9 Å². The van der Waals surface area contributed by atoms with Gasteiger partial charge >= 0.3 is 0 Å². The number of hydrogen-bond donors (Lipinski definition) is 1. The number of hydrogen-bond acceptors (Lipinski definition) is 1. The minimum atomic E-state index is 0.255. The lowest BCUT2D eigenvalue weighted by Gasteiger charge is -2.14. The van der Waals surface area contributed by atoms with Crippen LogP contribution in [0.15, 0.2) is 12.1 Å². The van der Waals surface area contributed by atoms with Gasteiger partial charge in [-0.1, -0.05) is 44.4 Å². The van der Waals surface area contributed by atoms with Crippen molar-refractivity contribution in [3.63, 3.8) is 0 Å². The molecule has 0 saturated carbocycles. The van der Waals surface area contributed by atoms with Gasteiger partial charge in [-0.15, -0.1) is 0 Å². The molecule has 1 N–H and O–H groups in total. The Kier molecular flexibility index (Phi) is 4.46. The van der Waals surface area contributed by atoms with Gasteiger partial charge in [-0.3, -0.25) is 0 Å². The minimum Gasteiger partial charge on any atom is -0.506 e. The molecule has 84 valence electrons. The number of phenols is 1. The van der Waals surface area contributed by atoms with E-state index in [1.165, 1.54) is 12.8 Å². The maximum Gasteiger partial charge on any atom is 0.137 e. The van der Waals surface area contributed by atoms with Gasteiger partial charge in [0, 0.05) is 0 Å². The predicted molar refractivity (Wildman–Crippen MR) is 65.8 cm³/mol. The molecule has 1 aromatic carbocycles. The molecule has 0 aliphatic carbocycles. The van der Waals surface area contributed by atoms with Gasteiger partial charge in [0.1, 0.15) is 5.75 Å². The van der Waals surface area contributed by atoms with E-state index < -0.39 is 0 Å². The Morgan fingerprint density at radius 1 is 1.40 bits per heavy atom. The molecule has 1 unspecified atom stereocenters. The molecule has 1 nitrogen and oxygen atoms in total. The maximum atomic E-state index is 9.86. The van der Waals surface area contributed by atoms with Crippen LogP contribution in [0.5, 0.6) is 5.75 Å². The zero-order chi connectivity index (χ0) is 11.4. The van der Waals surface area contributed by atoms with Crippen LogP contribution in [0.1, 0.15) is 50.2 Å². The minimum absolute atomic E-state index is 0.255. The molecule has 0 heterocycles. The molecule has 0 radical (unpaired) electrons. The summed E-state index contributed by atoms with van der Waals surface area (Å²) in [6.45, 7) is 6.32. The summed E-state index contributed by atoms with van der Waals surface area (Å²) in [6, 6.07) is 3.83. The summed E-state index contributed by atoms with van der Waals surface area (Å²) in [5.74, 6) is 0.633. The SMILES string of the molecule is CCCCC(C)c1cc(C)cc(Cl)c1O. The molecule has 0 aromatic heterocycles. The summed E-state index contributed by atoms with van der Waals surface area (Å²) in [4.78, 5) is 0.